The van der Waals surface area contributed by atoms with Gasteiger partial charge in [0.1, 0.15) is 5.82 Å². The monoisotopic (exact) mass is 273 g/mol. The van der Waals surface area contributed by atoms with E-state index in [4.69, 9.17) is 11.6 Å². The standard InChI is InChI=1S/C12H13ClFNO3/c1-7(6-10(16)18-2)15-12(17)11-8(13)4-3-5-9(11)14/h3-5,7H,6H2,1-2H3,(H,15,17). The maximum absolute atomic E-state index is 13.4. The van der Waals surface area contributed by atoms with Crippen molar-refractivity contribution in [1.29, 1.82) is 0 Å². The van der Waals surface area contributed by atoms with Crippen molar-refractivity contribution in [1.82, 2.24) is 5.32 Å². The van der Waals surface area contributed by atoms with E-state index in [1.165, 1.54) is 19.2 Å². The number of halogens is 2. The maximum Gasteiger partial charge on any atom is 0.307 e. The molecule has 1 N–H and O–H groups in total. The Bertz CT molecular complexity index is 444. The molecule has 6 heteroatoms. The Balaban J connectivity index is 2.74. The van der Waals surface area contributed by atoms with E-state index in [0.717, 1.165) is 6.07 Å². The summed E-state index contributed by atoms with van der Waals surface area (Å²) in [7, 11) is 1.25. The molecule has 4 nitrogen and oxygen atoms in total. The molecular weight excluding hydrogens is 261 g/mol. The van der Waals surface area contributed by atoms with E-state index in [9.17, 15) is 14.0 Å². The molecule has 0 fully saturated rings. The van der Waals surface area contributed by atoms with Gasteiger partial charge in [-0.3, -0.25) is 9.59 Å². The van der Waals surface area contributed by atoms with Crippen LogP contribution in [0.3, 0.4) is 0 Å². The second-order valence-electron chi connectivity index (χ2n) is 3.75. The molecule has 0 spiro atoms. The Kier molecular flexibility index (Phi) is 5.09. The second kappa shape index (κ2) is 6.35. The lowest BCUT2D eigenvalue weighted by Gasteiger charge is -2.13. The molecule has 1 amide bonds. The predicted octanol–water partition coefficient (Wildman–Crippen LogP) is 2.16. The molecule has 0 saturated carbocycles. The fraction of sp³-hybridized carbons (Fsp3) is 0.333. The fourth-order valence-corrected chi connectivity index (χ4v) is 1.64. The molecule has 0 aliphatic carbocycles. The Hall–Kier alpha value is -1.62. The quantitative estimate of drug-likeness (QED) is 0.856. The lowest BCUT2D eigenvalue weighted by molar-refractivity contribution is -0.141. The van der Waals surface area contributed by atoms with Crippen molar-refractivity contribution >= 4 is 23.5 Å². The van der Waals surface area contributed by atoms with Gasteiger partial charge in [0.05, 0.1) is 24.1 Å². The summed E-state index contributed by atoms with van der Waals surface area (Å²) in [5.74, 6) is -1.82. The van der Waals surface area contributed by atoms with Crippen LogP contribution in [0, 0.1) is 5.82 Å². The van der Waals surface area contributed by atoms with Crippen molar-refractivity contribution in [3.63, 3.8) is 0 Å². The Morgan fingerprint density at radius 1 is 1.50 bits per heavy atom. The molecule has 1 rings (SSSR count). The highest BCUT2D eigenvalue weighted by atomic mass is 35.5. The van der Waals surface area contributed by atoms with Gasteiger partial charge >= 0.3 is 5.97 Å². The minimum Gasteiger partial charge on any atom is -0.469 e. The fourth-order valence-electron chi connectivity index (χ4n) is 1.40. The first-order valence-corrected chi connectivity index (χ1v) is 5.65. The minimum atomic E-state index is -0.703. The van der Waals surface area contributed by atoms with Crippen LogP contribution < -0.4 is 5.32 Å². The first-order valence-electron chi connectivity index (χ1n) is 5.27. The molecule has 0 saturated heterocycles. The SMILES string of the molecule is COC(=O)CC(C)NC(=O)c1c(F)cccc1Cl. The summed E-state index contributed by atoms with van der Waals surface area (Å²) in [6.07, 6.45) is 0.00825. The van der Waals surface area contributed by atoms with Crippen molar-refractivity contribution in [3.8, 4) is 0 Å². The maximum atomic E-state index is 13.4. The number of carbonyl (C=O) groups is 2. The number of carbonyl (C=O) groups excluding carboxylic acids is 2. The Morgan fingerprint density at radius 3 is 2.72 bits per heavy atom. The van der Waals surface area contributed by atoms with E-state index in [0.29, 0.717) is 0 Å². The molecule has 1 unspecified atom stereocenters. The van der Waals surface area contributed by atoms with Gasteiger partial charge in [-0.1, -0.05) is 17.7 Å². The third kappa shape index (κ3) is 3.70. The van der Waals surface area contributed by atoms with Crippen LogP contribution in [0.2, 0.25) is 5.02 Å². The zero-order chi connectivity index (χ0) is 13.7. The van der Waals surface area contributed by atoms with Gasteiger partial charge in [0.2, 0.25) is 0 Å². The number of rotatable bonds is 4. The predicted molar refractivity (Wildman–Crippen MR) is 65.0 cm³/mol. The topological polar surface area (TPSA) is 55.4 Å². The molecule has 1 atom stereocenters. The zero-order valence-electron chi connectivity index (χ0n) is 10.00. The van der Waals surface area contributed by atoms with Crippen molar-refractivity contribution in [2.75, 3.05) is 7.11 Å². The number of esters is 1. The number of hydrogen-bond donors (Lipinski definition) is 1. The average molecular weight is 274 g/mol. The van der Waals surface area contributed by atoms with Crippen LogP contribution in [0.25, 0.3) is 0 Å². The number of amides is 1. The summed E-state index contributed by atoms with van der Waals surface area (Å²) in [5, 5.41) is 2.50. The van der Waals surface area contributed by atoms with E-state index in [2.05, 4.69) is 10.1 Å². The van der Waals surface area contributed by atoms with Gasteiger partial charge in [0, 0.05) is 6.04 Å². The zero-order valence-corrected chi connectivity index (χ0v) is 10.8. The van der Waals surface area contributed by atoms with Crippen LogP contribution in [0.5, 0.6) is 0 Å². The Labute approximate surface area is 109 Å². The smallest absolute Gasteiger partial charge is 0.307 e. The third-order valence-electron chi connectivity index (χ3n) is 2.27. The third-order valence-corrected chi connectivity index (χ3v) is 2.58. The number of nitrogens with one attached hydrogen (secondary N) is 1. The van der Waals surface area contributed by atoms with E-state index in [1.54, 1.807) is 6.92 Å². The highest BCUT2D eigenvalue weighted by molar-refractivity contribution is 6.33. The van der Waals surface area contributed by atoms with Crippen LogP contribution in [-0.2, 0) is 9.53 Å². The van der Waals surface area contributed by atoms with Crippen molar-refractivity contribution < 1.29 is 18.7 Å². The summed E-state index contributed by atoms with van der Waals surface area (Å²) in [4.78, 5) is 22.8. The molecule has 0 aromatic heterocycles. The first kappa shape index (κ1) is 14.4. The van der Waals surface area contributed by atoms with Crippen LogP contribution in [0.4, 0.5) is 4.39 Å². The van der Waals surface area contributed by atoms with Crippen molar-refractivity contribution in [2.24, 2.45) is 0 Å². The first-order chi connectivity index (χ1) is 8.45. The molecule has 98 valence electrons. The highest BCUT2D eigenvalue weighted by Gasteiger charge is 2.18. The van der Waals surface area contributed by atoms with E-state index in [1.807, 2.05) is 0 Å². The van der Waals surface area contributed by atoms with E-state index in [-0.39, 0.29) is 17.0 Å². The number of hydrogen-bond acceptors (Lipinski definition) is 3. The molecule has 0 aliphatic heterocycles. The number of ether oxygens (including phenoxy) is 1. The molecule has 18 heavy (non-hydrogen) atoms. The second-order valence-corrected chi connectivity index (χ2v) is 4.16. The molecule has 0 bridgehead atoms. The van der Waals surface area contributed by atoms with Crippen LogP contribution >= 0.6 is 11.6 Å². The average Bonchev–Trinajstić information content (AvgIpc) is 2.28. The summed E-state index contributed by atoms with van der Waals surface area (Å²) >= 11 is 5.75. The molecule has 1 aromatic carbocycles. The van der Waals surface area contributed by atoms with Gasteiger partial charge in [0.25, 0.3) is 5.91 Å². The van der Waals surface area contributed by atoms with Gasteiger partial charge in [-0.2, -0.15) is 0 Å². The van der Waals surface area contributed by atoms with Crippen molar-refractivity contribution in [3.05, 3.63) is 34.6 Å². The largest absolute Gasteiger partial charge is 0.469 e. The summed E-state index contributed by atoms with van der Waals surface area (Å²) in [6.45, 7) is 1.61. The molecule has 0 aliphatic rings. The molecule has 1 aromatic rings. The van der Waals surface area contributed by atoms with Gasteiger partial charge < -0.3 is 10.1 Å². The minimum absolute atomic E-state index is 0.00825. The van der Waals surface area contributed by atoms with Crippen LogP contribution in [0.1, 0.15) is 23.7 Å². The lowest BCUT2D eigenvalue weighted by Crippen LogP contribution is -2.35. The highest BCUT2D eigenvalue weighted by Crippen LogP contribution is 2.18. The van der Waals surface area contributed by atoms with Crippen LogP contribution in [0.15, 0.2) is 18.2 Å². The van der Waals surface area contributed by atoms with E-state index >= 15 is 0 Å². The van der Waals surface area contributed by atoms with Gasteiger partial charge in [-0.15, -0.1) is 0 Å². The van der Waals surface area contributed by atoms with E-state index < -0.39 is 23.7 Å². The molecular formula is C12H13ClFNO3. The van der Waals surface area contributed by atoms with Crippen molar-refractivity contribution in [2.45, 2.75) is 19.4 Å². The van der Waals surface area contributed by atoms with Gasteiger partial charge in [-0.05, 0) is 19.1 Å². The number of methoxy groups -OCH3 is 1. The summed E-state index contributed by atoms with van der Waals surface area (Å²) in [6, 6.07) is 3.50. The number of benzene rings is 1. The molecule has 0 radical (unpaired) electrons. The summed E-state index contributed by atoms with van der Waals surface area (Å²) in [5.41, 5.74) is -0.226. The molecule has 0 heterocycles. The van der Waals surface area contributed by atoms with Crippen LogP contribution in [-0.4, -0.2) is 25.0 Å². The lowest BCUT2D eigenvalue weighted by atomic mass is 10.1. The normalized spacial score (nSPS) is 11.8. The Morgan fingerprint density at radius 2 is 2.17 bits per heavy atom. The van der Waals surface area contributed by atoms with Gasteiger partial charge in [-0.25, -0.2) is 4.39 Å². The van der Waals surface area contributed by atoms with Gasteiger partial charge in [0.15, 0.2) is 0 Å². The summed E-state index contributed by atoms with van der Waals surface area (Å²) < 4.78 is 17.9.